The van der Waals surface area contributed by atoms with Gasteiger partial charge in [0.1, 0.15) is 0 Å². The topological polar surface area (TPSA) is 54.5 Å². The Morgan fingerprint density at radius 1 is 1.38 bits per heavy atom. The van der Waals surface area contributed by atoms with Gasteiger partial charge in [0, 0.05) is 42.7 Å². The third-order valence-electron chi connectivity index (χ3n) is 5.15. The highest BCUT2D eigenvalue weighted by molar-refractivity contribution is 7.09. The van der Waals surface area contributed by atoms with Gasteiger partial charge in [-0.05, 0) is 30.5 Å². The van der Waals surface area contributed by atoms with Gasteiger partial charge in [-0.25, -0.2) is 4.98 Å². The van der Waals surface area contributed by atoms with Gasteiger partial charge in [0.15, 0.2) is 0 Å². The van der Waals surface area contributed by atoms with Gasteiger partial charge in [-0.2, -0.15) is 0 Å². The van der Waals surface area contributed by atoms with Crippen molar-refractivity contribution in [2.24, 2.45) is 11.3 Å². The van der Waals surface area contributed by atoms with E-state index in [0.29, 0.717) is 19.0 Å². The zero-order valence-corrected chi connectivity index (χ0v) is 14.3. The summed E-state index contributed by atoms with van der Waals surface area (Å²) in [5.74, 6) is 1.01. The highest BCUT2D eigenvalue weighted by atomic mass is 32.1. The van der Waals surface area contributed by atoms with Crippen LogP contribution in [0.5, 0.6) is 5.88 Å². The second kappa shape index (κ2) is 6.53. The summed E-state index contributed by atoms with van der Waals surface area (Å²) >= 11 is 1.77. The second-order valence-electron chi connectivity index (χ2n) is 6.58. The van der Waals surface area contributed by atoms with Gasteiger partial charge in [0.05, 0.1) is 12.0 Å². The molecule has 0 radical (unpaired) electrons. The first kappa shape index (κ1) is 15.6. The van der Waals surface area contributed by atoms with E-state index in [2.05, 4.69) is 32.7 Å². The maximum Gasteiger partial charge on any atom is 0.228 e. The van der Waals surface area contributed by atoms with Gasteiger partial charge in [-0.15, -0.1) is 11.3 Å². The van der Waals surface area contributed by atoms with E-state index in [0.717, 1.165) is 26.1 Å². The first-order valence-electron chi connectivity index (χ1n) is 8.33. The number of amides is 1. The smallest absolute Gasteiger partial charge is 0.228 e. The third kappa shape index (κ3) is 2.91. The Balaban J connectivity index is 1.43. The summed E-state index contributed by atoms with van der Waals surface area (Å²) in [5.41, 5.74) is -0.313. The normalized spacial score (nSPS) is 26.8. The van der Waals surface area contributed by atoms with Crippen LogP contribution in [-0.2, 0) is 11.3 Å². The highest BCUT2D eigenvalue weighted by Gasteiger charge is 2.54. The predicted molar refractivity (Wildman–Crippen MR) is 92.9 cm³/mol. The van der Waals surface area contributed by atoms with Crippen LogP contribution in [0.4, 0.5) is 0 Å². The van der Waals surface area contributed by atoms with E-state index in [-0.39, 0.29) is 17.2 Å². The molecule has 2 fully saturated rings. The van der Waals surface area contributed by atoms with E-state index in [1.165, 1.54) is 4.88 Å². The summed E-state index contributed by atoms with van der Waals surface area (Å²) in [6.45, 7) is 3.93. The molecule has 0 saturated carbocycles. The quantitative estimate of drug-likeness (QED) is 0.904. The lowest BCUT2D eigenvalue weighted by Gasteiger charge is -2.28. The van der Waals surface area contributed by atoms with Crippen LogP contribution in [0, 0.1) is 11.3 Å². The largest absolute Gasteiger partial charge is 0.477 e. The molecule has 0 bridgehead atoms. The molecule has 2 aromatic rings. The monoisotopic (exact) mass is 343 g/mol. The summed E-state index contributed by atoms with van der Waals surface area (Å²) < 4.78 is 5.85. The molecule has 6 heteroatoms. The Morgan fingerprint density at radius 2 is 2.33 bits per heavy atom. The number of ether oxygens (including phenoxy) is 1. The fourth-order valence-electron chi connectivity index (χ4n) is 3.80. The van der Waals surface area contributed by atoms with E-state index in [1.807, 2.05) is 18.2 Å². The minimum absolute atomic E-state index is 0.186. The van der Waals surface area contributed by atoms with Crippen molar-refractivity contribution >= 4 is 17.2 Å². The van der Waals surface area contributed by atoms with Crippen LogP contribution in [0.3, 0.4) is 0 Å². The van der Waals surface area contributed by atoms with Gasteiger partial charge in [0.2, 0.25) is 11.8 Å². The lowest BCUT2D eigenvalue weighted by atomic mass is 9.77. The first-order chi connectivity index (χ1) is 11.8. The van der Waals surface area contributed by atoms with Gasteiger partial charge in [0.25, 0.3) is 0 Å². The Hall–Kier alpha value is -1.92. The van der Waals surface area contributed by atoms with Crippen LogP contribution in [0.15, 0.2) is 41.9 Å². The minimum Gasteiger partial charge on any atom is -0.477 e. The number of carbonyl (C=O) groups is 1. The molecule has 4 heterocycles. The highest BCUT2D eigenvalue weighted by Crippen LogP contribution is 2.42. The molecule has 1 amide bonds. The standard InChI is InChI=1S/C18H21N3O2S/c22-17-18(6-8-21(13-18)11-15-4-3-9-24-15)14(10-20-17)12-23-16-5-1-2-7-19-16/h1-5,7,9,14H,6,8,10-13H2,(H,20,22)/t14-,18-/m0/s1. The fourth-order valence-corrected chi connectivity index (χ4v) is 4.55. The number of rotatable bonds is 5. The molecule has 5 nitrogen and oxygen atoms in total. The van der Waals surface area contributed by atoms with Crippen LogP contribution in [0.1, 0.15) is 11.3 Å². The Morgan fingerprint density at radius 3 is 3.12 bits per heavy atom. The summed E-state index contributed by atoms with van der Waals surface area (Å²) in [5, 5.41) is 5.16. The molecule has 4 rings (SSSR count). The van der Waals surface area contributed by atoms with Crippen molar-refractivity contribution in [3.63, 3.8) is 0 Å². The summed E-state index contributed by atoms with van der Waals surface area (Å²) in [6.07, 6.45) is 2.63. The van der Waals surface area contributed by atoms with Crippen molar-refractivity contribution in [1.29, 1.82) is 0 Å². The number of thiophene rings is 1. The zero-order valence-electron chi connectivity index (χ0n) is 13.5. The minimum atomic E-state index is -0.313. The molecule has 1 N–H and O–H groups in total. The Labute approximate surface area is 145 Å². The van der Waals surface area contributed by atoms with Crippen molar-refractivity contribution in [1.82, 2.24) is 15.2 Å². The maximum atomic E-state index is 12.6. The van der Waals surface area contributed by atoms with Gasteiger partial charge >= 0.3 is 0 Å². The van der Waals surface area contributed by atoms with E-state index in [1.54, 1.807) is 17.5 Å². The number of hydrogen-bond acceptors (Lipinski definition) is 5. The molecule has 2 saturated heterocycles. The first-order valence-corrected chi connectivity index (χ1v) is 9.21. The lowest BCUT2D eigenvalue weighted by molar-refractivity contribution is -0.128. The van der Waals surface area contributed by atoms with Crippen molar-refractivity contribution in [3.05, 3.63) is 46.8 Å². The van der Waals surface area contributed by atoms with Crippen molar-refractivity contribution in [2.75, 3.05) is 26.2 Å². The number of aromatic nitrogens is 1. The van der Waals surface area contributed by atoms with Gasteiger partial charge in [-0.1, -0.05) is 12.1 Å². The number of carbonyl (C=O) groups excluding carboxylic acids is 1. The molecule has 1 spiro atoms. The summed E-state index contributed by atoms with van der Waals surface area (Å²) in [7, 11) is 0. The van der Waals surface area contributed by atoms with Crippen molar-refractivity contribution in [3.8, 4) is 5.88 Å². The Kier molecular flexibility index (Phi) is 4.24. The van der Waals surface area contributed by atoms with Crippen LogP contribution < -0.4 is 10.1 Å². The number of nitrogens with zero attached hydrogens (tertiary/aromatic N) is 2. The van der Waals surface area contributed by atoms with E-state index < -0.39 is 0 Å². The third-order valence-corrected chi connectivity index (χ3v) is 6.01. The maximum absolute atomic E-state index is 12.6. The van der Waals surface area contributed by atoms with Crippen LogP contribution in [0.2, 0.25) is 0 Å². The second-order valence-corrected chi connectivity index (χ2v) is 7.61. The summed E-state index contributed by atoms with van der Waals surface area (Å²) in [4.78, 5) is 20.5. The van der Waals surface area contributed by atoms with E-state index in [4.69, 9.17) is 4.74 Å². The number of pyridine rings is 1. The summed E-state index contributed by atoms with van der Waals surface area (Å²) in [6, 6.07) is 9.88. The van der Waals surface area contributed by atoms with Crippen LogP contribution in [0.25, 0.3) is 0 Å². The molecule has 2 aromatic heterocycles. The molecule has 2 aliphatic heterocycles. The SMILES string of the molecule is O=C1NC[C@@H](COc2ccccn2)[C@@]12CCN(Cc1cccs1)C2. The molecule has 0 aromatic carbocycles. The average Bonchev–Trinajstić information content (AvgIpc) is 3.32. The molecule has 126 valence electrons. The number of hydrogen-bond donors (Lipinski definition) is 1. The number of nitrogens with one attached hydrogen (secondary N) is 1. The molecular formula is C18H21N3O2S. The van der Waals surface area contributed by atoms with Crippen LogP contribution >= 0.6 is 11.3 Å². The Bertz CT molecular complexity index is 692. The zero-order chi connectivity index (χ0) is 16.4. The molecule has 0 aliphatic carbocycles. The molecule has 2 atom stereocenters. The predicted octanol–water partition coefficient (Wildman–Crippen LogP) is 2.16. The fraction of sp³-hybridized carbons (Fsp3) is 0.444. The average molecular weight is 343 g/mol. The molecular weight excluding hydrogens is 322 g/mol. The van der Waals surface area contributed by atoms with Crippen molar-refractivity contribution < 1.29 is 9.53 Å². The number of likely N-dealkylation sites (tertiary alicyclic amines) is 1. The van der Waals surface area contributed by atoms with Gasteiger partial charge in [-0.3, -0.25) is 9.69 Å². The molecule has 0 unspecified atom stereocenters. The molecule has 24 heavy (non-hydrogen) atoms. The van der Waals surface area contributed by atoms with E-state index >= 15 is 0 Å². The van der Waals surface area contributed by atoms with E-state index in [9.17, 15) is 4.79 Å². The lowest BCUT2D eigenvalue weighted by Crippen LogP contribution is -2.40. The van der Waals surface area contributed by atoms with Crippen LogP contribution in [-0.4, -0.2) is 42.0 Å². The van der Waals surface area contributed by atoms with Gasteiger partial charge < -0.3 is 10.1 Å². The molecule has 2 aliphatic rings. The van der Waals surface area contributed by atoms with Crippen molar-refractivity contribution in [2.45, 2.75) is 13.0 Å².